The average molecular weight is 275 g/mol. The van der Waals surface area contributed by atoms with Gasteiger partial charge in [0.15, 0.2) is 0 Å². The van der Waals surface area contributed by atoms with Crippen molar-refractivity contribution in [3.05, 3.63) is 35.4 Å². The molecule has 5 heteroatoms. The third-order valence-electron chi connectivity index (χ3n) is 3.00. The molecule has 0 unspecified atom stereocenters. The Morgan fingerprint density at radius 3 is 3.16 bits per heavy atom. The molecule has 0 radical (unpaired) electrons. The molecule has 0 aromatic heterocycles. The van der Waals surface area contributed by atoms with Crippen molar-refractivity contribution in [2.24, 2.45) is 0 Å². The van der Waals surface area contributed by atoms with Gasteiger partial charge in [-0.3, -0.25) is 0 Å². The Hall–Kier alpha value is -1.67. The first-order valence-corrected chi connectivity index (χ1v) is 7.54. The molecule has 0 saturated carbocycles. The lowest BCUT2D eigenvalue weighted by molar-refractivity contribution is 0.237. The molecule has 2 amide bonds. The Labute approximate surface area is 117 Å². The summed E-state index contributed by atoms with van der Waals surface area (Å²) in [5, 5.41) is 14.6. The van der Waals surface area contributed by atoms with Gasteiger partial charge >= 0.3 is 6.03 Å². The van der Waals surface area contributed by atoms with Crippen LogP contribution in [0.2, 0.25) is 0 Å². The molecule has 1 heterocycles. The van der Waals surface area contributed by atoms with Gasteiger partial charge in [0, 0.05) is 18.3 Å². The minimum Gasteiger partial charge on any atom is -0.335 e. The molecular formula is C14H17N3OS. The van der Waals surface area contributed by atoms with Crippen LogP contribution in [-0.2, 0) is 6.54 Å². The third kappa shape index (κ3) is 4.49. The molecule has 0 aliphatic carbocycles. The molecule has 1 fully saturated rings. The maximum Gasteiger partial charge on any atom is 0.315 e. The highest BCUT2D eigenvalue weighted by molar-refractivity contribution is 7.99. The topological polar surface area (TPSA) is 64.9 Å². The van der Waals surface area contributed by atoms with Crippen molar-refractivity contribution in [2.75, 3.05) is 11.5 Å². The molecule has 1 aromatic carbocycles. The molecule has 19 heavy (non-hydrogen) atoms. The lowest BCUT2D eigenvalue weighted by Crippen LogP contribution is -2.44. The van der Waals surface area contributed by atoms with E-state index < -0.39 is 0 Å². The number of benzene rings is 1. The quantitative estimate of drug-likeness (QED) is 0.889. The van der Waals surface area contributed by atoms with Crippen molar-refractivity contribution in [3.63, 3.8) is 0 Å². The highest BCUT2D eigenvalue weighted by atomic mass is 32.2. The summed E-state index contributed by atoms with van der Waals surface area (Å²) in [6, 6.07) is 9.51. The second-order valence-electron chi connectivity index (χ2n) is 4.55. The number of carbonyl (C=O) groups excluding carboxylic acids is 1. The fraction of sp³-hybridized carbons (Fsp3) is 0.429. The van der Waals surface area contributed by atoms with Crippen LogP contribution in [0.3, 0.4) is 0 Å². The Kier molecular flexibility index (Phi) is 5.10. The number of rotatable bonds is 3. The van der Waals surface area contributed by atoms with E-state index in [0.29, 0.717) is 12.1 Å². The van der Waals surface area contributed by atoms with Crippen LogP contribution >= 0.6 is 11.8 Å². The molecule has 0 bridgehead atoms. The van der Waals surface area contributed by atoms with Crippen molar-refractivity contribution in [2.45, 2.75) is 25.4 Å². The molecule has 2 rings (SSSR count). The summed E-state index contributed by atoms with van der Waals surface area (Å²) >= 11 is 1.89. The minimum atomic E-state index is -0.130. The molecule has 1 aliphatic rings. The monoisotopic (exact) mass is 275 g/mol. The van der Waals surface area contributed by atoms with E-state index in [1.54, 1.807) is 12.1 Å². The Bertz CT molecular complexity index is 478. The van der Waals surface area contributed by atoms with Crippen molar-refractivity contribution in [3.8, 4) is 6.07 Å². The number of nitriles is 1. The number of carbonyl (C=O) groups is 1. The molecule has 4 nitrogen and oxygen atoms in total. The zero-order valence-corrected chi connectivity index (χ0v) is 11.5. The number of urea groups is 1. The van der Waals surface area contributed by atoms with E-state index in [0.717, 1.165) is 17.7 Å². The normalized spacial score (nSPS) is 18.4. The van der Waals surface area contributed by atoms with Crippen LogP contribution in [0.5, 0.6) is 0 Å². The van der Waals surface area contributed by atoms with Crippen molar-refractivity contribution < 1.29 is 4.79 Å². The van der Waals surface area contributed by atoms with E-state index in [-0.39, 0.29) is 12.1 Å². The average Bonchev–Trinajstić information content (AvgIpc) is 2.46. The van der Waals surface area contributed by atoms with Crippen molar-refractivity contribution in [1.82, 2.24) is 10.6 Å². The summed E-state index contributed by atoms with van der Waals surface area (Å²) in [5.74, 6) is 2.19. The first-order chi connectivity index (χ1) is 9.28. The fourth-order valence-corrected chi connectivity index (χ4v) is 3.10. The SMILES string of the molecule is N#Cc1cccc(CNC(=O)N[C@H]2CCCSC2)c1. The molecule has 1 saturated heterocycles. The van der Waals surface area contributed by atoms with Crippen LogP contribution in [0.15, 0.2) is 24.3 Å². The van der Waals surface area contributed by atoms with E-state index in [2.05, 4.69) is 16.7 Å². The summed E-state index contributed by atoms with van der Waals surface area (Å²) in [5.41, 5.74) is 1.55. The Morgan fingerprint density at radius 1 is 1.53 bits per heavy atom. The van der Waals surface area contributed by atoms with E-state index in [4.69, 9.17) is 5.26 Å². The first kappa shape index (κ1) is 13.8. The first-order valence-electron chi connectivity index (χ1n) is 6.39. The highest BCUT2D eigenvalue weighted by Gasteiger charge is 2.15. The molecule has 1 aromatic rings. The van der Waals surface area contributed by atoms with Crippen molar-refractivity contribution >= 4 is 17.8 Å². The molecule has 100 valence electrons. The number of hydrogen-bond donors (Lipinski definition) is 2. The predicted octanol–water partition coefficient (Wildman–Crippen LogP) is 2.25. The van der Waals surface area contributed by atoms with Crippen LogP contribution in [0.1, 0.15) is 24.0 Å². The zero-order chi connectivity index (χ0) is 13.5. The highest BCUT2D eigenvalue weighted by Crippen LogP contribution is 2.16. The van der Waals surface area contributed by atoms with Crippen LogP contribution in [-0.4, -0.2) is 23.6 Å². The van der Waals surface area contributed by atoms with E-state index in [1.807, 2.05) is 23.9 Å². The summed E-state index contributed by atoms with van der Waals surface area (Å²) in [7, 11) is 0. The number of amides is 2. The van der Waals surface area contributed by atoms with Gasteiger partial charge in [-0.15, -0.1) is 0 Å². The zero-order valence-electron chi connectivity index (χ0n) is 10.7. The maximum absolute atomic E-state index is 11.7. The van der Waals surface area contributed by atoms with Gasteiger partial charge in [0.05, 0.1) is 11.6 Å². The molecular weight excluding hydrogens is 258 g/mol. The lowest BCUT2D eigenvalue weighted by Gasteiger charge is -2.22. The van der Waals surface area contributed by atoms with Crippen LogP contribution in [0, 0.1) is 11.3 Å². The van der Waals surface area contributed by atoms with Gasteiger partial charge in [0.1, 0.15) is 0 Å². The van der Waals surface area contributed by atoms with Gasteiger partial charge in [0.25, 0.3) is 0 Å². The maximum atomic E-state index is 11.7. The van der Waals surface area contributed by atoms with Gasteiger partial charge in [-0.05, 0) is 36.3 Å². The predicted molar refractivity (Wildman–Crippen MR) is 76.9 cm³/mol. The molecule has 1 atom stereocenters. The summed E-state index contributed by atoms with van der Waals surface area (Å²) in [6.07, 6.45) is 2.23. The number of nitrogens with zero attached hydrogens (tertiary/aromatic N) is 1. The van der Waals surface area contributed by atoms with Gasteiger partial charge in [0.2, 0.25) is 0 Å². The van der Waals surface area contributed by atoms with E-state index >= 15 is 0 Å². The molecule has 1 aliphatic heterocycles. The molecule has 2 N–H and O–H groups in total. The van der Waals surface area contributed by atoms with E-state index in [1.165, 1.54) is 12.2 Å². The standard InChI is InChI=1S/C14H17N3OS/c15-8-11-3-1-4-12(7-11)9-16-14(18)17-13-5-2-6-19-10-13/h1,3-4,7,13H,2,5-6,9-10H2,(H2,16,17,18)/t13-/m0/s1. The fourth-order valence-electron chi connectivity index (χ4n) is 2.02. The van der Waals surface area contributed by atoms with Gasteiger partial charge in [-0.25, -0.2) is 4.79 Å². The molecule has 0 spiro atoms. The second kappa shape index (κ2) is 7.05. The van der Waals surface area contributed by atoms with Gasteiger partial charge in [-0.2, -0.15) is 17.0 Å². The van der Waals surface area contributed by atoms with Crippen molar-refractivity contribution in [1.29, 1.82) is 5.26 Å². The smallest absolute Gasteiger partial charge is 0.315 e. The van der Waals surface area contributed by atoms with Crippen LogP contribution < -0.4 is 10.6 Å². The summed E-state index contributed by atoms with van der Waals surface area (Å²) in [4.78, 5) is 11.7. The summed E-state index contributed by atoms with van der Waals surface area (Å²) in [6.45, 7) is 0.446. The number of hydrogen-bond acceptors (Lipinski definition) is 3. The second-order valence-corrected chi connectivity index (χ2v) is 5.70. The minimum absolute atomic E-state index is 0.130. The summed E-state index contributed by atoms with van der Waals surface area (Å²) < 4.78 is 0. The Morgan fingerprint density at radius 2 is 2.42 bits per heavy atom. The Balaban J connectivity index is 1.78. The lowest BCUT2D eigenvalue weighted by atomic mass is 10.1. The van der Waals surface area contributed by atoms with Crippen LogP contribution in [0.4, 0.5) is 4.79 Å². The largest absolute Gasteiger partial charge is 0.335 e. The van der Waals surface area contributed by atoms with E-state index in [9.17, 15) is 4.79 Å². The van der Waals surface area contributed by atoms with Gasteiger partial charge < -0.3 is 10.6 Å². The number of thioether (sulfide) groups is 1. The number of nitrogens with one attached hydrogen (secondary N) is 2. The third-order valence-corrected chi connectivity index (χ3v) is 4.22. The van der Waals surface area contributed by atoms with Gasteiger partial charge in [-0.1, -0.05) is 12.1 Å². The van der Waals surface area contributed by atoms with Crippen LogP contribution in [0.25, 0.3) is 0 Å².